The highest BCUT2D eigenvalue weighted by Gasteiger charge is 2.46. The topological polar surface area (TPSA) is 89.6 Å². The molecule has 0 spiro atoms. The van der Waals surface area contributed by atoms with Crippen LogP contribution in [-0.2, 0) is 21.7 Å². The standard InChI is InChI=1S/C21H23NO4/c22-21(17-8-4-5-9-17,18-12-10-16(11-13-18)19(23)24)20(25)26-14-15-6-2-1-3-7-15/h1-3,6-7,10-13,17H,4-5,8-9,14,22H2,(H,23,24). The Morgan fingerprint density at radius 1 is 1.04 bits per heavy atom. The largest absolute Gasteiger partial charge is 0.478 e. The Morgan fingerprint density at radius 2 is 1.65 bits per heavy atom. The number of benzene rings is 2. The molecule has 5 nitrogen and oxygen atoms in total. The molecule has 2 aromatic rings. The number of nitrogens with two attached hydrogens (primary N) is 1. The summed E-state index contributed by atoms with van der Waals surface area (Å²) in [6.07, 6.45) is 3.78. The van der Waals surface area contributed by atoms with E-state index < -0.39 is 17.5 Å². The van der Waals surface area contributed by atoms with E-state index in [9.17, 15) is 9.59 Å². The van der Waals surface area contributed by atoms with Crippen LogP contribution in [0.25, 0.3) is 0 Å². The van der Waals surface area contributed by atoms with Crippen molar-refractivity contribution in [3.63, 3.8) is 0 Å². The van der Waals surface area contributed by atoms with Gasteiger partial charge in [0.25, 0.3) is 0 Å². The molecule has 0 radical (unpaired) electrons. The molecule has 1 aliphatic carbocycles. The molecular weight excluding hydrogens is 330 g/mol. The molecule has 1 unspecified atom stereocenters. The van der Waals surface area contributed by atoms with Gasteiger partial charge in [0.15, 0.2) is 0 Å². The minimum Gasteiger partial charge on any atom is -0.478 e. The number of carboxylic acid groups (broad SMARTS) is 1. The predicted octanol–water partition coefficient (Wildman–Crippen LogP) is 3.47. The van der Waals surface area contributed by atoms with Crippen LogP contribution in [0.3, 0.4) is 0 Å². The van der Waals surface area contributed by atoms with Gasteiger partial charge in [0.1, 0.15) is 12.1 Å². The number of esters is 1. The lowest BCUT2D eigenvalue weighted by Gasteiger charge is -2.33. The van der Waals surface area contributed by atoms with Crippen LogP contribution in [-0.4, -0.2) is 17.0 Å². The Balaban J connectivity index is 1.85. The van der Waals surface area contributed by atoms with Crippen molar-refractivity contribution >= 4 is 11.9 Å². The molecule has 0 heterocycles. The van der Waals surface area contributed by atoms with Gasteiger partial charge in [0.05, 0.1) is 5.56 Å². The van der Waals surface area contributed by atoms with Crippen molar-refractivity contribution in [3.8, 4) is 0 Å². The lowest BCUT2D eigenvalue weighted by Crippen LogP contribution is -2.51. The van der Waals surface area contributed by atoms with Crippen molar-refractivity contribution in [2.75, 3.05) is 0 Å². The fourth-order valence-electron chi connectivity index (χ4n) is 3.63. The van der Waals surface area contributed by atoms with Gasteiger partial charge in [-0.3, -0.25) is 0 Å². The molecule has 1 saturated carbocycles. The van der Waals surface area contributed by atoms with Crippen molar-refractivity contribution in [3.05, 3.63) is 71.3 Å². The average Bonchev–Trinajstić information content (AvgIpc) is 3.21. The smallest absolute Gasteiger partial charge is 0.335 e. The molecule has 0 aliphatic heterocycles. The molecule has 3 N–H and O–H groups in total. The number of carbonyl (C=O) groups excluding carboxylic acids is 1. The van der Waals surface area contributed by atoms with Gasteiger partial charge in [-0.15, -0.1) is 0 Å². The molecule has 5 heteroatoms. The van der Waals surface area contributed by atoms with Crippen molar-refractivity contribution in [1.29, 1.82) is 0 Å². The van der Waals surface area contributed by atoms with Gasteiger partial charge in [0.2, 0.25) is 0 Å². The fourth-order valence-corrected chi connectivity index (χ4v) is 3.63. The van der Waals surface area contributed by atoms with E-state index in [4.69, 9.17) is 15.6 Å². The molecule has 0 bridgehead atoms. The molecule has 1 aliphatic rings. The predicted molar refractivity (Wildman–Crippen MR) is 97.5 cm³/mol. The van der Waals surface area contributed by atoms with Gasteiger partial charge in [-0.05, 0) is 42.0 Å². The second kappa shape index (κ2) is 7.70. The third-order valence-corrected chi connectivity index (χ3v) is 5.16. The van der Waals surface area contributed by atoms with Gasteiger partial charge >= 0.3 is 11.9 Å². The summed E-state index contributed by atoms with van der Waals surface area (Å²) in [6, 6.07) is 15.7. The number of hydrogen-bond donors (Lipinski definition) is 2. The van der Waals surface area contributed by atoms with E-state index in [1.165, 1.54) is 12.1 Å². The minimum absolute atomic E-state index is 0.0125. The monoisotopic (exact) mass is 353 g/mol. The van der Waals surface area contributed by atoms with Crippen molar-refractivity contribution in [2.24, 2.45) is 11.7 Å². The maximum atomic E-state index is 13.0. The van der Waals surface area contributed by atoms with Crippen LogP contribution < -0.4 is 5.73 Å². The van der Waals surface area contributed by atoms with Crippen LogP contribution in [0.2, 0.25) is 0 Å². The first-order chi connectivity index (χ1) is 12.5. The Morgan fingerprint density at radius 3 is 2.23 bits per heavy atom. The molecular formula is C21H23NO4. The zero-order valence-electron chi connectivity index (χ0n) is 14.6. The van der Waals surface area contributed by atoms with Crippen LogP contribution >= 0.6 is 0 Å². The van der Waals surface area contributed by atoms with Gasteiger partial charge in [-0.1, -0.05) is 55.3 Å². The van der Waals surface area contributed by atoms with Crippen molar-refractivity contribution in [2.45, 2.75) is 37.8 Å². The van der Waals surface area contributed by atoms with Gasteiger partial charge < -0.3 is 15.6 Å². The molecule has 0 amide bonds. The third-order valence-electron chi connectivity index (χ3n) is 5.16. The maximum absolute atomic E-state index is 13.0. The highest BCUT2D eigenvalue weighted by Crippen LogP contribution is 2.40. The van der Waals surface area contributed by atoms with Crippen molar-refractivity contribution < 1.29 is 19.4 Å². The highest BCUT2D eigenvalue weighted by molar-refractivity contribution is 5.88. The van der Waals surface area contributed by atoms with Crippen LogP contribution in [0.1, 0.15) is 47.2 Å². The minimum atomic E-state index is -1.26. The van der Waals surface area contributed by atoms with Gasteiger partial charge in [-0.25, -0.2) is 9.59 Å². The Bertz CT molecular complexity index is 766. The molecule has 0 saturated heterocycles. The second-order valence-electron chi connectivity index (χ2n) is 6.79. The van der Waals surface area contributed by atoms with E-state index in [0.29, 0.717) is 5.56 Å². The first kappa shape index (κ1) is 18.1. The van der Waals surface area contributed by atoms with E-state index in [0.717, 1.165) is 31.2 Å². The van der Waals surface area contributed by atoms with E-state index >= 15 is 0 Å². The first-order valence-corrected chi connectivity index (χ1v) is 8.85. The molecule has 136 valence electrons. The number of hydrogen-bond acceptors (Lipinski definition) is 4. The van der Waals surface area contributed by atoms with E-state index in [-0.39, 0.29) is 18.1 Å². The summed E-state index contributed by atoms with van der Waals surface area (Å²) < 4.78 is 5.56. The Labute approximate surface area is 152 Å². The number of carbonyl (C=O) groups is 2. The van der Waals surface area contributed by atoms with Crippen LogP contribution in [0.15, 0.2) is 54.6 Å². The number of carboxylic acids is 1. The second-order valence-corrected chi connectivity index (χ2v) is 6.79. The zero-order valence-corrected chi connectivity index (χ0v) is 14.6. The number of ether oxygens (including phenoxy) is 1. The Hall–Kier alpha value is -2.66. The van der Waals surface area contributed by atoms with E-state index in [1.54, 1.807) is 12.1 Å². The highest BCUT2D eigenvalue weighted by atomic mass is 16.5. The summed E-state index contributed by atoms with van der Waals surface area (Å²) >= 11 is 0. The summed E-state index contributed by atoms with van der Waals surface area (Å²) in [5.41, 5.74) is 7.04. The molecule has 3 rings (SSSR count). The van der Waals surface area contributed by atoms with Crippen LogP contribution in [0.5, 0.6) is 0 Å². The van der Waals surface area contributed by atoms with E-state index in [1.807, 2.05) is 30.3 Å². The van der Waals surface area contributed by atoms with Crippen LogP contribution in [0.4, 0.5) is 0 Å². The Kier molecular flexibility index (Phi) is 5.38. The summed E-state index contributed by atoms with van der Waals surface area (Å²) in [4.78, 5) is 24.1. The number of rotatable bonds is 6. The van der Waals surface area contributed by atoms with Crippen molar-refractivity contribution in [1.82, 2.24) is 0 Å². The number of aromatic carboxylic acids is 1. The summed E-state index contributed by atoms with van der Waals surface area (Å²) in [5.74, 6) is -1.48. The third kappa shape index (κ3) is 3.63. The summed E-state index contributed by atoms with van der Waals surface area (Å²) in [7, 11) is 0. The fraction of sp³-hybridized carbons (Fsp3) is 0.333. The molecule has 0 aromatic heterocycles. The normalized spacial score (nSPS) is 16.8. The summed E-state index contributed by atoms with van der Waals surface area (Å²) in [6.45, 7) is 0.165. The quantitative estimate of drug-likeness (QED) is 0.776. The first-order valence-electron chi connectivity index (χ1n) is 8.85. The van der Waals surface area contributed by atoms with E-state index in [2.05, 4.69) is 0 Å². The maximum Gasteiger partial charge on any atom is 0.335 e. The zero-order chi connectivity index (χ0) is 18.6. The average molecular weight is 353 g/mol. The summed E-state index contributed by atoms with van der Waals surface area (Å²) in [5, 5.41) is 9.09. The molecule has 1 atom stereocenters. The molecule has 1 fully saturated rings. The SMILES string of the molecule is NC(C(=O)OCc1ccccc1)(c1ccc(C(=O)O)cc1)C1CCCC1. The van der Waals surface area contributed by atoms with Gasteiger partial charge in [0, 0.05) is 0 Å². The van der Waals surface area contributed by atoms with Gasteiger partial charge in [-0.2, -0.15) is 0 Å². The molecule has 26 heavy (non-hydrogen) atoms. The van der Waals surface area contributed by atoms with Crippen LogP contribution in [0, 0.1) is 5.92 Å². The lowest BCUT2D eigenvalue weighted by molar-refractivity contribution is -0.154. The lowest BCUT2D eigenvalue weighted by atomic mass is 9.77. The molecule has 2 aromatic carbocycles.